The van der Waals surface area contributed by atoms with E-state index in [-0.39, 0.29) is 17.6 Å². The lowest BCUT2D eigenvalue weighted by molar-refractivity contribution is -0.141. The third kappa shape index (κ3) is 3.78. The number of phenolic OH excluding ortho intramolecular Hbond substituents is 1. The molecule has 0 saturated heterocycles. The molecule has 0 bridgehead atoms. The summed E-state index contributed by atoms with van der Waals surface area (Å²) in [4.78, 5) is 12.8. The highest BCUT2D eigenvalue weighted by Crippen LogP contribution is 2.28. The Morgan fingerprint density at radius 1 is 1.20 bits per heavy atom. The van der Waals surface area contributed by atoms with Crippen LogP contribution in [0.5, 0.6) is 5.75 Å². The zero-order valence-corrected chi connectivity index (χ0v) is 12.0. The van der Waals surface area contributed by atoms with Gasteiger partial charge in [0.2, 0.25) is 0 Å². The molecule has 1 atom stereocenters. The van der Waals surface area contributed by atoms with Gasteiger partial charge in [0, 0.05) is 10.6 Å². The fourth-order valence-corrected chi connectivity index (χ4v) is 2.95. The molecule has 0 radical (unpaired) electrons. The van der Waals surface area contributed by atoms with Crippen LogP contribution in [-0.2, 0) is 9.53 Å². The van der Waals surface area contributed by atoms with Crippen LogP contribution in [0.4, 0.5) is 0 Å². The van der Waals surface area contributed by atoms with Gasteiger partial charge in [0.05, 0.1) is 13.0 Å². The number of phenols is 1. The summed E-state index contributed by atoms with van der Waals surface area (Å²) in [7, 11) is 1.40. The summed E-state index contributed by atoms with van der Waals surface area (Å²) in [6.07, 6.45) is 0. The summed E-state index contributed by atoms with van der Waals surface area (Å²) in [5.74, 6) is 0.238. The van der Waals surface area contributed by atoms with Crippen LogP contribution in [0.25, 0.3) is 0 Å². The van der Waals surface area contributed by atoms with E-state index in [0.717, 1.165) is 10.5 Å². The van der Waals surface area contributed by atoms with Gasteiger partial charge in [0.25, 0.3) is 0 Å². The standard InChI is InChI=1S/C16H16O3S/c1-19-16(18)15(12-6-3-2-4-7-12)11-20-14-9-5-8-13(17)10-14/h2-10,15,17H,11H2,1H3. The highest BCUT2D eigenvalue weighted by molar-refractivity contribution is 7.99. The van der Waals surface area contributed by atoms with E-state index in [9.17, 15) is 9.90 Å². The molecule has 0 aliphatic carbocycles. The van der Waals surface area contributed by atoms with Crippen molar-refractivity contribution in [2.75, 3.05) is 12.9 Å². The van der Waals surface area contributed by atoms with Crippen molar-refractivity contribution in [2.24, 2.45) is 0 Å². The third-order valence-electron chi connectivity index (χ3n) is 2.92. The molecule has 2 aromatic rings. The molecule has 0 amide bonds. The molecule has 20 heavy (non-hydrogen) atoms. The zero-order chi connectivity index (χ0) is 14.4. The minimum Gasteiger partial charge on any atom is -0.508 e. The van der Waals surface area contributed by atoms with E-state index in [1.807, 2.05) is 36.4 Å². The molecule has 104 valence electrons. The largest absolute Gasteiger partial charge is 0.508 e. The Labute approximate surface area is 122 Å². The van der Waals surface area contributed by atoms with Crippen LogP contribution in [0.1, 0.15) is 11.5 Å². The summed E-state index contributed by atoms with van der Waals surface area (Å²) in [6, 6.07) is 16.6. The summed E-state index contributed by atoms with van der Waals surface area (Å²) in [6.45, 7) is 0. The number of aromatic hydroxyl groups is 1. The molecule has 0 saturated carbocycles. The molecule has 0 aliphatic rings. The number of rotatable bonds is 5. The van der Waals surface area contributed by atoms with E-state index < -0.39 is 0 Å². The van der Waals surface area contributed by atoms with Gasteiger partial charge in [-0.2, -0.15) is 0 Å². The average Bonchev–Trinajstić information content (AvgIpc) is 2.48. The second-order valence-electron chi connectivity index (χ2n) is 4.29. The van der Waals surface area contributed by atoms with E-state index in [2.05, 4.69) is 0 Å². The fraction of sp³-hybridized carbons (Fsp3) is 0.188. The predicted octanol–water partition coefficient (Wildman–Crippen LogP) is 3.44. The quantitative estimate of drug-likeness (QED) is 0.676. The molecule has 1 N–H and O–H groups in total. The minimum absolute atomic E-state index is 0.226. The first-order valence-corrected chi connectivity index (χ1v) is 7.24. The Balaban J connectivity index is 2.11. The highest BCUT2D eigenvalue weighted by atomic mass is 32.2. The van der Waals surface area contributed by atoms with Gasteiger partial charge in [-0.25, -0.2) is 0 Å². The maximum atomic E-state index is 11.9. The number of thioether (sulfide) groups is 1. The van der Waals surface area contributed by atoms with Crippen molar-refractivity contribution in [3.8, 4) is 5.75 Å². The molecular formula is C16H16O3S. The van der Waals surface area contributed by atoms with Gasteiger partial charge in [-0.05, 0) is 23.8 Å². The smallest absolute Gasteiger partial charge is 0.313 e. The van der Waals surface area contributed by atoms with Gasteiger partial charge in [-0.1, -0.05) is 36.4 Å². The Kier molecular flexibility index (Phi) is 5.07. The van der Waals surface area contributed by atoms with Crippen molar-refractivity contribution >= 4 is 17.7 Å². The number of ether oxygens (including phenoxy) is 1. The first-order chi connectivity index (χ1) is 9.70. The van der Waals surface area contributed by atoms with Gasteiger partial charge in [-0.3, -0.25) is 4.79 Å². The van der Waals surface area contributed by atoms with Crippen LogP contribution >= 0.6 is 11.8 Å². The molecule has 0 fully saturated rings. The van der Waals surface area contributed by atoms with Crippen LogP contribution < -0.4 is 0 Å². The fourth-order valence-electron chi connectivity index (χ4n) is 1.88. The number of benzene rings is 2. The summed E-state index contributed by atoms with van der Waals surface area (Å²) in [5.41, 5.74) is 0.937. The summed E-state index contributed by atoms with van der Waals surface area (Å²) in [5, 5.41) is 9.45. The lowest BCUT2D eigenvalue weighted by atomic mass is 10.0. The maximum Gasteiger partial charge on any atom is 0.313 e. The molecule has 0 aliphatic heterocycles. The molecule has 4 heteroatoms. The zero-order valence-electron chi connectivity index (χ0n) is 11.2. The Morgan fingerprint density at radius 3 is 2.60 bits per heavy atom. The van der Waals surface area contributed by atoms with Crippen molar-refractivity contribution in [1.29, 1.82) is 0 Å². The van der Waals surface area contributed by atoms with Crippen LogP contribution in [0.2, 0.25) is 0 Å². The highest BCUT2D eigenvalue weighted by Gasteiger charge is 2.21. The van der Waals surface area contributed by atoms with Crippen LogP contribution in [0.15, 0.2) is 59.5 Å². The Hall–Kier alpha value is -1.94. The van der Waals surface area contributed by atoms with Crippen molar-refractivity contribution in [3.05, 3.63) is 60.2 Å². The Morgan fingerprint density at radius 2 is 1.95 bits per heavy atom. The number of carbonyl (C=O) groups excluding carboxylic acids is 1. The average molecular weight is 288 g/mol. The van der Waals surface area contributed by atoms with Crippen molar-refractivity contribution < 1.29 is 14.6 Å². The minimum atomic E-state index is -0.312. The maximum absolute atomic E-state index is 11.9. The SMILES string of the molecule is COC(=O)C(CSc1cccc(O)c1)c1ccccc1. The van der Waals surface area contributed by atoms with Crippen molar-refractivity contribution in [1.82, 2.24) is 0 Å². The number of hydrogen-bond acceptors (Lipinski definition) is 4. The second kappa shape index (κ2) is 7.01. The number of carbonyl (C=O) groups is 1. The van der Waals surface area contributed by atoms with Gasteiger partial charge < -0.3 is 9.84 Å². The molecule has 0 aromatic heterocycles. The monoisotopic (exact) mass is 288 g/mol. The molecule has 0 heterocycles. The van der Waals surface area contributed by atoms with E-state index in [0.29, 0.717) is 5.75 Å². The number of methoxy groups -OCH3 is 1. The van der Waals surface area contributed by atoms with Gasteiger partial charge in [-0.15, -0.1) is 11.8 Å². The second-order valence-corrected chi connectivity index (χ2v) is 5.39. The lowest BCUT2D eigenvalue weighted by Crippen LogP contribution is -2.16. The van der Waals surface area contributed by atoms with Gasteiger partial charge >= 0.3 is 5.97 Å². The predicted molar refractivity (Wildman–Crippen MR) is 80.0 cm³/mol. The van der Waals surface area contributed by atoms with Crippen LogP contribution in [0, 0.1) is 0 Å². The first-order valence-electron chi connectivity index (χ1n) is 6.25. The first kappa shape index (κ1) is 14.5. The van der Waals surface area contributed by atoms with Crippen molar-refractivity contribution in [3.63, 3.8) is 0 Å². The number of hydrogen-bond donors (Lipinski definition) is 1. The van der Waals surface area contributed by atoms with E-state index in [1.165, 1.54) is 18.9 Å². The molecule has 2 rings (SSSR count). The van der Waals surface area contributed by atoms with Crippen LogP contribution in [-0.4, -0.2) is 23.9 Å². The lowest BCUT2D eigenvalue weighted by Gasteiger charge is -2.14. The summed E-state index contributed by atoms with van der Waals surface area (Å²) < 4.78 is 4.88. The molecule has 0 spiro atoms. The van der Waals surface area contributed by atoms with Gasteiger partial charge in [0.15, 0.2) is 0 Å². The molecule has 1 unspecified atom stereocenters. The topological polar surface area (TPSA) is 46.5 Å². The van der Waals surface area contributed by atoms with Crippen LogP contribution in [0.3, 0.4) is 0 Å². The van der Waals surface area contributed by atoms with Crippen molar-refractivity contribution in [2.45, 2.75) is 10.8 Å². The molecule has 3 nitrogen and oxygen atoms in total. The van der Waals surface area contributed by atoms with E-state index in [4.69, 9.17) is 4.74 Å². The number of esters is 1. The Bertz CT molecular complexity index is 569. The molecular weight excluding hydrogens is 272 g/mol. The normalized spacial score (nSPS) is 11.8. The van der Waals surface area contributed by atoms with Gasteiger partial charge in [0.1, 0.15) is 5.75 Å². The molecule has 2 aromatic carbocycles. The van der Waals surface area contributed by atoms with E-state index in [1.54, 1.807) is 18.2 Å². The van der Waals surface area contributed by atoms with E-state index >= 15 is 0 Å². The third-order valence-corrected chi connectivity index (χ3v) is 4.01. The summed E-state index contributed by atoms with van der Waals surface area (Å²) >= 11 is 1.52.